The molecule has 2 atom stereocenters. The van der Waals surface area contributed by atoms with E-state index in [-0.39, 0.29) is 23.9 Å². The summed E-state index contributed by atoms with van der Waals surface area (Å²) >= 11 is 0. The van der Waals surface area contributed by atoms with Crippen LogP contribution in [0.15, 0.2) is 6.07 Å². The van der Waals surface area contributed by atoms with Crippen LogP contribution in [0.4, 0.5) is 5.95 Å². The van der Waals surface area contributed by atoms with Crippen LogP contribution >= 0.6 is 0 Å². The van der Waals surface area contributed by atoms with Gasteiger partial charge in [-0.15, -0.1) is 0 Å². The first kappa shape index (κ1) is 15.5. The van der Waals surface area contributed by atoms with E-state index < -0.39 is 0 Å². The number of hydrogen-bond donors (Lipinski definition) is 0. The van der Waals surface area contributed by atoms with E-state index in [1.165, 1.54) is 7.11 Å². The molecular formula is C15H23N3O3. The SMILES string of the molecule is COC(=O)C1CN(c2nc(C)cc(OC(C)C)n2)CC1C. The number of nitrogens with zero attached hydrogens (tertiary/aromatic N) is 3. The van der Waals surface area contributed by atoms with Crippen molar-refractivity contribution in [2.24, 2.45) is 11.8 Å². The van der Waals surface area contributed by atoms with Crippen molar-refractivity contribution >= 4 is 11.9 Å². The molecule has 6 heteroatoms. The highest BCUT2D eigenvalue weighted by atomic mass is 16.5. The predicted molar refractivity (Wildman–Crippen MR) is 79.4 cm³/mol. The van der Waals surface area contributed by atoms with Crippen LogP contribution in [-0.2, 0) is 9.53 Å². The largest absolute Gasteiger partial charge is 0.475 e. The Morgan fingerprint density at radius 3 is 2.71 bits per heavy atom. The first-order chi connectivity index (χ1) is 9.90. The Bertz CT molecular complexity index is 519. The highest BCUT2D eigenvalue weighted by Gasteiger charge is 2.36. The van der Waals surface area contributed by atoms with E-state index in [0.717, 1.165) is 12.2 Å². The molecular weight excluding hydrogens is 270 g/mol. The molecule has 21 heavy (non-hydrogen) atoms. The lowest BCUT2D eigenvalue weighted by molar-refractivity contribution is -0.145. The van der Waals surface area contributed by atoms with Crippen molar-refractivity contribution in [3.05, 3.63) is 11.8 Å². The van der Waals surface area contributed by atoms with Gasteiger partial charge in [-0.2, -0.15) is 4.98 Å². The van der Waals surface area contributed by atoms with Crippen molar-refractivity contribution in [3.8, 4) is 5.88 Å². The van der Waals surface area contributed by atoms with E-state index in [9.17, 15) is 4.79 Å². The molecule has 1 aliphatic heterocycles. The highest BCUT2D eigenvalue weighted by molar-refractivity contribution is 5.74. The van der Waals surface area contributed by atoms with Crippen LogP contribution in [0.2, 0.25) is 0 Å². The van der Waals surface area contributed by atoms with Crippen LogP contribution in [0, 0.1) is 18.8 Å². The van der Waals surface area contributed by atoms with Crippen LogP contribution in [0.3, 0.4) is 0 Å². The lowest BCUT2D eigenvalue weighted by Crippen LogP contribution is -2.25. The monoisotopic (exact) mass is 293 g/mol. The molecule has 0 spiro atoms. The Labute approximate surface area is 125 Å². The smallest absolute Gasteiger partial charge is 0.310 e. The second-order valence-corrected chi connectivity index (χ2v) is 5.83. The summed E-state index contributed by atoms with van der Waals surface area (Å²) in [6.45, 7) is 9.20. The third kappa shape index (κ3) is 3.62. The predicted octanol–water partition coefficient (Wildman–Crippen LogP) is 1.82. The third-order valence-corrected chi connectivity index (χ3v) is 3.57. The number of anilines is 1. The number of aryl methyl sites for hydroxylation is 1. The normalized spacial score (nSPS) is 21.7. The molecule has 1 aliphatic rings. The fourth-order valence-electron chi connectivity index (χ4n) is 2.56. The average Bonchev–Trinajstić information content (AvgIpc) is 2.78. The number of carbonyl (C=O) groups excluding carboxylic acids is 1. The minimum absolute atomic E-state index is 0.0625. The van der Waals surface area contributed by atoms with Gasteiger partial charge in [-0.25, -0.2) is 4.98 Å². The van der Waals surface area contributed by atoms with Crippen molar-refractivity contribution in [1.82, 2.24) is 9.97 Å². The van der Waals surface area contributed by atoms with Gasteiger partial charge < -0.3 is 14.4 Å². The molecule has 116 valence electrons. The second-order valence-electron chi connectivity index (χ2n) is 5.83. The van der Waals surface area contributed by atoms with Gasteiger partial charge in [-0.3, -0.25) is 4.79 Å². The summed E-state index contributed by atoms with van der Waals surface area (Å²) in [4.78, 5) is 22.7. The summed E-state index contributed by atoms with van der Waals surface area (Å²) in [5.41, 5.74) is 0.852. The molecule has 1 fully saturated rings. The molecule has 0 radical (unpaired) electrons. The quantitative estimate of drug-likeness (QED) is 0.789. The maximum absolute atomic E-state index is 11.8. The van der Waals surface area contributed by atoms with Crippen molar-refractivity contribution < 1.29 is 14.3 Å². The first-order valence-corrected chi connectivity index (χ1v) is 7.25. The Balaban J connectivity index is 2.19. The zero-order valence-corrected chi connectivity index (χ0v) is 13.3. The Morgan fingerprint density at radius 2 is 2.10 bits per heavy atom. The van der Waals surface area contributed by atoms with Crippen molar-refractivity contribution in [2.45, 2.75) is 33.8 Å². The number of carbonyl (C=O) groups is 1. The minimum Gasteiger partial charge on any atom is -0.475 e. The molecule has 2 rings (SSSR count). The molecule has 0 saturated carbocycles. The van der Waals surface area contributed by atoms with Gasteiger partial charge in [-0.1, -0.05) is 6.92 Å². The Hall–Kier alpha value is -1.85. The van der Waals surface area contributed by atoms with E-state index in [1.807, 2.05) is 38.7 Å². The van der Waals surface area contributed by atoms with Crippen molar-refractivity contribution in [3.63, 3.8) is 0 Å². The van der Waals surface area contributed by atoms with Gasteiger partial charge in [0.1, 0.15) is 0 Å². The number of rotatable bonds is 4. The zero-order chi connectivity index (χ0) is 15.6. The van der Waals surface area contributed by atoms with Crippen molar-refractivity contribution in [1.29, 1.82) is 0 Å². The maximum atomic E-state index is 11.8. The number of ether oxygens (including phenoxy) is 2. The second kappa shape index (κ2) is 6.28. The third-order valence-electron chi connectivity index (χ3n) is 3.57. The van der Waals surface area contributed by atoms with E-state index >= 15 is 0 Å². The molecule has 0 N–H and O–H groups in total. The summed E-state index contributed by atoms with van der Waals surface area (Å²) in [5, 5.41) is 0. The van der Waals surface area contributed by atoms with E-state index in [0.29, 0.717) is 18.4 Å². The molecule has 0 aromatic carbocycles. The van der Waals surface area contributed by atoms with Gasteiger partial charge >= 0.3 is 5.97 Å². The average molecular weight is 293 g/mol. The van der Waals surface area contributed by atoms with Gasteiger partial charge in [0.2, 0.25) is 11.8 Å². The Kier molecular flexibility index (Phi) is 4.65. The maximum Gasteiger partial charge on any atom is 0.310 e. The molecule has 0 aliphatic carbocycles. The molecule has 2 heterocycles. The van der Waals surface area contributed by atoms with Crippen LogP contribution < -0.4 is 9.64 Å². The standard InChI is InChI=1S/C15H23N3O3/c1-9(2)21-13-6-11(4)16-15(17-13)18-7-10(3)12(8-18)14(19)20-5/h6,9-10,12H,7-8H2,1-5H3. The molecule has 2 unspecified atom stereocenters. The van der Waals surface area contributed by atoms with Gasteiger partial charge in [0.05, 0.1) is 19.1 Å². The van der Waals surface area contributed by atoms with Crippen molar-refractivity contribution in [2.75, 3.05) is 25.1 Å². The fraction of sp³-hybridized carbons (Fsp3) is 0.667. The molecule has 6 nitrogen and oxygen atoms in total. The molecule has 1 saturated heterocycles. The fourth-order valence-corrected chi connectivity index (χ4v) is 2.56. The van der Waals surface area contributed by atoms with Crippen LogP contribution in [-0.4, -0.2) is 42.2 Å². The summed E-state index contributed by atoms with van der Waals surface area (Å²) in [6.07, 6.45) is 0.0625. The molecule has 0 amide bonds. The van der Waals surface area contributed by atoms with Gasteiger partial charge in [0.15, 0.2) is 0 Å². The minimum atomic E-state index is -0.170. The zero-order valence-electron chi connectivity index (χ0n) is 13.3. The molecule has 0 bridgehead atoms. The lowest BCUT2D eigenvalue weighted by atomic mass is 9.99. The summed E-state index contributed by atoms with van der Waals surface area (Å²) < 4.78 is 10.5. The summed E-state index contributed by atoms with van der Waals surface area (Å²) in [6, 6.07) is 1.82. The number of esters is 1. The topological polar surface area (TPSA) is 64.5 Å². The van der Waals surface area contributed by atoms with E-state index in [1.54, 1.807) is 0 Å². The number of methoxy groups -OCH3 is 1. The van der Waals surface area contributed by atoms with Gasteiger partial charge in [-0.05, 0) is 26.7 Å². The molecule has 1 aromatic heterocycles. The highest BCUT2D eigenvalue weighted by Crippen LogP contribution is 2.28. The summed E-state index contributed by atoms with van der Waals surface area (Å²) in [5.74, 6) is 1.10. The lowest BCUT2D eigenvalue weighted by Gasteiger charge is -2.18. The van der Waals surface area contributed by atoms with E-state index in [4.69, 9.17) is 9.47 Å². The molecule has 1 aromatic rings. The van der Waals surface area contributed by atoms with Gasteiger partial charge in [0, 0.05) is 24.8 Å². The number of hydrogen-bond acceptors (Lipinski definition) is 6. The van der Waals surface area contributed by atoms with Gasteiger partial charge in [0.25, 0.3) is 0 Å². The summed E-state index contributed by atoms with van der Waals surface area (Å²) in [7, 11) is 1.43. The van der Waals surface area contributed by atoms with Crippen LogP contribution in [0.25, 0.3) is 0 Å². The number of aromatic nitrogens is 2. The van der Waals surface area contributed by atoms with Crippen LogP contribution in [0.1, 0.15) is 26.5 Å². The first-order valence-electron chi connectivity index (χ1n) is 7.25. The van der Waals surface area contributed by atoms with Crippen LogP contribution in [0.5, 0.6) is 5.88 Å². The van der Waals surface area contributed by atoms with E-state index in [2.05, 4.69) is 9.97 Å². The Morgan fingerprint density at radius 1 is 1.38 bits per heavy atom.